The fourth-order valence-corrected chi connectivity index (χ4v) is 3.22. The Kier molecular flexibility index (Phi) is 3.44. The molecule has 2 atom stereocenters. The van der Waals surface area contributed by atoms with Crippen LogP contribution in [0.4, 0.5) is 0 Å². The third-order valence-electron chi connectivity index (χ3n) is 3.22. The molecule has 1 aromatic heterocycles. The van der Waals surface area contributed by atoms with E-state index in [-0.39, 0.29) is 0 Å². The van der Waals surface area contributed by atoms with Crippen LogP contribution >= 0.6 is 11.3 Å². The predicted molar refractivity (Wildman–Crippen MR) is 66.5 cm³/mol. The molecule has 0 aromatic carbocycles. The highest BCUT2D eigenvalue weighted by molar-refractivity contribution is 7.12. The van der Waals surface area contributed by atoms with Crippen molar-refractivity contribution in [3.8, 4) is 0 Å². The third kappa shape index (κ3) is 2.41. The van der Waals surface area contributed by atoms with Gasteiger partial charge in [0.1, 0.15) is 0 Å². The topological polar surface area (TPSA) is 15.3 Å². The molecule has 2 heterocycles. The van der Waals surface area contributed by atoms with Crippen molar-refractivity contribution < 1.29 is 0 Å². The summed E-state index contributed by atoms with van der Waals surface area (Å²) in [6.45, 7) is 10.2. The second-order valence-electron chi connectivity index (χ2n) is 4.42. The average molecular weight is 224 g/mol. The van der Waals surface area contributed by atoms with E-state index in [4.69, 9.17) is 0 Å². The molecule has 15 heavy (non-hydrogen) atoms. The van der Waals surface area contributed by atoms with E-state index in [1.807, 2.05) is 11.3 Å². The minimum atomic E-state index is 0.570. The van der Waals surface area contributed by atoms with Crippen molar-refractivity contribution in [1.82, 2.24) is 10.2 Å². The van der Waals surface area contributed by atoms with Crippen LogP contribution in [0.2, 0.25) is 0 Å². The maximum absolute atomic E-state index is 3.44. The SMILES string of the molecule is Cc1ccc(C(C)N2CCNCC2C)s1. The van der Waals surface area contributed by atoms with Gasteiger partial charge in [-0.2, -0.15) is 0 Å². The maximum atomic E-state index is 3.44. The summed E-state index contributed by atoms with van der Waals surface area (Å²) in [5.41, 5.74) is 0. The minimum absolute atomic E-state index is 0.570. The molecule has 0 amide bonds. The Balaban J connectivity index is 2.09. The first kappa shape index (κ1) is 11.1. The van der Waals surface area contributed by atoms with Crippen LogP contribution in [-0.2, 0) is 0 Å². The van der Waals surface area contributed by atoms with Gasteiger partial charge in [0, 0.05) is 41.5 Å². The van der Waals surface area contributed by atoms with Gasteiger partial charge in [0.15, 0.2) is 0 Å². The van der Waals surface area contributed by atoms with Crippen molar-refractivity contribution in [1.29, 1.82) is 0 Å². The normalized spacial score (nSPS) is 25.4. The van der Waals surface area contributed by atoms with Crippen LogP contribution in [0.5, 0.6) is 0 Å². The summed E-state index contributed by atoms with van der Waals surface area (Å²) in [5, 5.41) is 3.44. The van der Waals surface area contributed by atoms with Crippen molar-refractivity contribution in [2.75, 3.05) is 19.6 Å². The smallest absolute Gasteiger partial charge is 0.0417 e. The lowest BCUT2D eigenvalue weighted by Crippen LogP contribution is -2.50. The van der Waals surface area contributed by atoms with Crippen molar-refractivity contribution >= 4 is 11.3 Å². The fraction of sp³-hybridized carbons (Fsp3) is 0.667. The molecule has 1 N–H and O–H groups in total. The molecular weight excluding hydrogens is 204 g/mol. The number of hydrogen-bond donors (Lipinski definition) is 1. The fourth-order valence-electron chi connectivity index (χ4n) is 2.27. The molecule has 0 aliphatic carbocycles. The Labute approximate surface area is 96.3 Å². The van der Waals surface area contributed by atoms with Crippen molar-refractivity contribution in [3.63, 3.8) is 0 Å². The van der Waals surface area contributed by atoms with Gasteiger partial charge in [-0.3, -0.25) is 4.90 Å². The van der Waals surface area contributed by atoms with Crippen LogP contribution in [0.3, 0.4) is 0 Å². The van der Waals surface area contributed by atoms with Crippen LogP contribution in [0.1, 0.15) is 29.6 Å². The van der Waals surface area contributed by atoms with Gasteiger partial charge in [-0.15, -0.1) is 11.3 Å². The minimum Gasteiger partial charge on any atom is -0.314 e. The molecule has 2 unspecified atom stereocenters. The predicted octanol–water partition coefficient (Wildman–Crippen LogP) is 2.41. The van der Waals surface area contributed by atoms with Gasteiger partial charge in [0.25, 0.3) is 0 Å². The Morgan fingerprint density at radius 1 is 1.53 bits per heavy atom. The first-order valence-corrected chi connectivity index (χ1v) is 6.53. The molecule has 0 radical (unpaired) electrons. The van der Waals surface area contributed by atoms with Gasteiger partial charge in [-0.25, -0.2) is 0 Å². The molecule has 2 nitrogen and oxygen atoms in total. The quantitative estimate of drug-likeness (QED) is 0.830. The van der Waals surface area contributed by atoms with Crippen LogP contribution in [0.15, 0.2) is 12.1 Å². The van der Waals surface area contributed by atoms with Crippen LogP contribution in [0, 0.1) is 6.92 Å². The van der Waals surface area contributed by atoms with Gasteiger partial charge in [-0.05, 0) is 32.9 Å². The second kappa shape index (κ2) is 4.64. The Hall–Kier alpha value is -0.380. The standard InChI is InChI=1S/C12H20N2S/c1-9-8-13-6-7-14(9)11(3)12-5-4-10(2)15-12/h4-5,9,11,13H,6-8H2,1-3H3. The van der Waals surface area contributed by atoms with Crippen LogP contribution in [0.25, 0.3) is 0 Å². The monoisotopic (exact) mass is 224 g/mol. The van der Waals surface area contributed by atoms with Gasteiger partial charge in [0.05, 0.1) is 0 Å². The number of thiophene rings is 1. The molecule has 1 fully saturated rings. The second-order valence-corrected chi connectivity index (χ2v) is 5.73. The Morgan fingerprint density at radius 3 is 2.93 bits per heavy atom. The van der Waals surface area contributed by atoms with Gasteiger partial charge < -0.3 is 5.32 Å². The van der Waals surface area contributed by atoms with Gasteiger partial charge in [-0.1, -0.05) is 0 Å². The summed E-state index contributed by atoms with van der Waals surface area (Å²) in [4.78, 5) is 5.52. The van der Waals surface area contributed by atoms with E-state index in [2.05, 4.69) is 43.1 Å². The van der Waals surface area contributed by atoms with E-state index in [1.54, 1.807) is 0 Å². The maximum Gasteiger partial charge on any atom is 0.0417 e. The first-order valence-electron chi connectivity index (χ1n) is 5.71. The van der Waals surface area contributed by atoms with Crippen LogP contribution in [-0.4, -0.2) is 30.6 Å². The zero-order valence-electron chi connectivity index (χ0n) is 9.79. The molecule has 1 aliphatic rings. The molecular formula is C12H20N2S. The molecule has 1 aliphatic heterocycles. The molecule has 0 bridgehead atoms. The average Bonchev–Trinajstić information content (AvgIpc) is 2.65. The van der Waals surface area contributed by atoms with Gasteiger partial charge >= 0.3 is 0 Å². The van der Waals surface area contributed by atoms with Crippen molar-refractivity contribution in [3.05, 3.63) is 21.9 Å². The largest absolute Gasteiger partial charge is 0.314 e. The number of nitrogens with zero attached hydrogens (tertiary/aromatic N) is 1. The summed E-state index contributed by atoms with van der Waals surface area (Å²) < 4.78 is 0. The number of hydrogen-bond acceptors (Lipinski definition) is 3. The molecule has 0 spiro atoms. The zero-order chi connectivity index (χ0) is 10.8. The van der Waals surface area contributed by atoms with E-state index in [1.165, 1.54) is 16.3 Å². The van der Waals surface area contributed by atoms with Crippen molar-refractivity contribution in [2.45, 2.75) is 32.9 Å². The highest BCUT2D eigenvalue weighted by Crippen LogP contribution is 2.28. The summed E-state index contributed by atoms with van der Waals surface area (Å²) in [7, 11) is 0. The molecule has 2 rings (SSSR count). The summed E-state index contributed by atoms with van der Waals surface area (Å²) in [5.74, 6) is 0. The van der Waals surface area contributed by atoms with E-state index in [0.717, 1.165) is 13.1 Å². The highest BCUT2D eigenvalue weighted by atomic mass is 32.1. The summed E-state index contributed by atoms with van der Waals surface area (Å²) in [6.07, 6.45) is 0. The first-order chi connectivity index (χ1) is 7.18. The lowest BCUT2D eigenvalue weighted by atomic mass is 10.1. The van der Waals surface area contributed by atoms with Gasteiger partial charge in [0.2, 0.25) is 0 Å². The van der Waals surface area contributed by atoms with E-state index in [9.17, 15) is 0 Å². The van der Waals surface area contributed by atoms with E-state index in [0.29, 0.717) is 12.1 Å². The van der Waals surface area contributed by atoms with Crippen LogP contribution < -0.4 is 5.32 Å². The highest BCUT2D eigenvalue weighted by Gasteiger charge is 2.24. The van der Waals surface area contributed by atoms with Crippen molar-refractivity contribution in [2.24, 2.45) is 0 Å². The number of aryl methyl sites for hydroxylation is 1. The lowest BCUT2D eigenvalue weighted by Gasteiger charge is -2.38. The third-order valence-corrected chi connectivity index (χ3v) is 4.39. The number of piperazine rings is 1. The Morgan fingerprint density at radius 2 is 2.33 bits per heavy atom. The number of nitrogens with one attached hydrogen (secondary N) is 1. The van der Waals surface area contributed by atoms with E-state index >= 15 is 0 Å². The molecule has 84 valence electrons. The molecule has 1 aromatic rings. The summed E-state index contributed by atoms with van der Waals surface area (Å²) >= 11 is 1.93. The molecule has 0 saturated carbocycles. The van der Waals surface area contributed by atoms with E-state index < -0.39 is 0 Å². The zero-order valence-corrected chi connectivity index (χ0v) is 10.6. The Bertz CT molecular complexity index is 321. The molecule has 3 heteroatoms. The summed E-state index contributed by atoms with van der Waals surface area (Å²) in [6, 6.07) is 5.72. The molecule has 1 saturated heterocycles. The lowest BCUT2D eigenvalue weighted by molar-refractivity contribution is 0.128. The number of rotatable bonds is 2.